The quantitative estimate of drug-likeness (QED) is 0.308. The van der Waals surface area contributed by atoms with Gasteiger partial charge in [-0.1, -0.05) is 5.92 Å². The molecule has 0 unspecified atom stereocenters. The van der Waals surface area contributed by atoms with Crippen LogP contribution >= 0.6 is 0 Å². The lowest BCUT2D eigenvalue weighted by Crippen LogP contribution is -2.54. The van der Waals surface area contributed by atoms with Gasteiger partial charge in [-0.2, -0.15) is 24.2 Å². The molecular weight excluding hydrogens is 488 g/mol. The van der Waals surface area contributed by atoms with E-state index in [2.05, 4.69) is 32.1 Å². The lowest BCUT2D eigenvalue weighted by atomic mass is 10.0. The molecule has 4 aromatic heterocycles. The van der Waals surface area contributed by atoms with E-state index in [1.807, 2.05) is 42.5 Å². The first kappa shape index (κ1) is 23.2. The highest BCUT2D eigenvalue weighted by Crippen LogP contribution is 2.33. The van der Waals surface area contributed by atoms with Gasteiger partial charge in [-0.25, -0.2) is 14.2 Å². The van der Waals surface area contributed by atoms with Crippen molar-refractivity contribution in [3.05, 3.63) is 84.6 Å². The summed E-state index contributed by atoms with van der Waals surface area (Å²) in [6.45, 7) is -1.35. The van der Waals surface area contributed by atoms with E-state index in [-0.39, 0.29) is 6.10 Å². The average Bonchev–Trinajstić information content (AvgIpc) is 3.58. The Hall–Kier alpha value is -5.22. The average molecular weight is 508 g/mol. The number of alkyl halides is 2. The summed E-state index contributed by atoms with van der Waals surface area (Å²) in [5.74, 6) is 4.16. The summed E-state index contributed by atoms with van der Waals surface area (Å²) >= 11 is 0. The van der Waals surface area contributed by atoms with Crippen LogP contribution in [0.15, 0.2) is 73.4 Å². The zero-order valence-electron chi connectivity index (χ0n) is 19.9. The molecule has 1 fully saturated rings. The van der Waals surface area contributed by atoms with E-state index in [1.54, 1.807) is 16.9 Å². The first-order valence-corrected chi connectivity index (χ1v) is 11.7. The largest absolute Gasteiger partial charge is 0.487 e. The van der Waals surface area contributed by atoms with Crippen LogP contribution in [-0.2, 0) is 0 Å². The lowest BCUT2D eigenvalue weighted by molar-refractivity contribution is 0.0566. The minimum absolute atomic E-state index is 0.0450. The molecular formula is C28H19F2N7O. The van der Waals surface area contributed by atoms with Crippen molar-refractivity contribution in [3.8, 4) is 46.4 Å². The van der Waals surface area contributed by atoms with Crippen molar-refractivity contribution in [1.82, 2.24) is 24.4 Å². The molecule has 0 atom stereocenters. The fourth-order valence-electron chi connectivity index (χ4n) is 4.43. The Bertz CT molecular complexity index is 1700. The molecule has 1 saturated heterocycles. The molecule has 0 spiro atoms. The second-order valence-corrected chi connectivity index (χ2v) is 8.81. The third-order valence-electron chi connectivity index (χ3n) is 6.42. The van der Waals surface area contributed by atoms with Crippen LogP contribution in [-0.4, -0.2) is 43.6 Å². The Morgan fingerprint density at radius 2 is 1.79 bits per heavy atom. The second kappa shape index (κ2) is 9.34. The number of terminal acetylenes is 1. The molecule has 6 rings (SSSR count). The fourth-order valence-corrected chi connectivity index (χ4v) is 4.43. The number of benzene rings is 1. The standard InChI is InChI=1S/C28H19F2N7O/c1-2-18-3-6-23(7-4-18)38-24-16-35(17-24)26-8-5-19(11-32-26)25-9-20(22-13-34-37(15-22)28(29)30)14-36-27(25)21(10-31)12-33-36/h1,3-9,11-15,24,28H,16-17H2. The smallest absolute Gasteiger partial charge is 0.333 e. The molecule has 0 radical (unpaired) electrons. The summed E-state index contributed by atoms with van der Waals surface area (Å²) in [5, 5.41) is 17.6. The van der Waals surface area contributed by atoms with Crippen LogP contribution in [0.25, 0.3) is 27.8 Å². The predicted octanol–water partition coefficient (Wildman–Crippen LogP) is 4.78. The summed E-state index contributed by atoms with van der Waals surface area (Å²) in [7, 11) is 0. The van der Waals surface area contributed by atoms with Gasteiger partial charge in [-0.3, -0.25) is 0 Å². The fraction of sp³-hybridized carbons (Fsp3) is 0.143. The predicted molar refractivity (Wildman–Crippen MR) is 137 cm³/mol. The van der Waals surface area contributed by atoms with Crippen LogP contribution < -0.4 is 9.64 Å². The molecule has 5 aromatic rings. The van der Waals surface area contributed by atoms with Crippen molar-refractivity contribution in [2.75, 3.05) is 18.0 Å². The number of hydrogen-bond acceptors (Lipinski definition) is 6. The van der Waals surface area contributed by atoms with Crippen molar-refractivity contribution < 1.29 is 13.5 Å². The number of nitrogens with zero attached hydrogens (tertiary/aromatic N) is 7. The lowest BCUT2D eigenvalue weighted by Gasteiger charge is -2.39. The minimum atomic E-state index is -2.74. The van der Waals surface area contributed by atoms with Crippen LogP contribution in [0.2, 0.25) is 0 Å². The summed E-state index contributed by atoms with van der Waals surface area (Å²) in [4.78, 5) is 6.74. The van der Waals surface area contributed by atoms with Crippen LogP contribution in [0.5, 0.6) is 5.75 Å². The molecule has 0 saturated carbocycles. The molecule has 0 N–H and O–H groups in total. The number of rotatable bonds is 6. The summed E-state index contributed by atoms with van der Waals surface area (Å²) in [5.41, 5.74) is 4.43. The number of nitriles is 1. The maximum absolute atomic E-state index is 13.1. The second-order valence-electron chi connectivity index (χ2n) is 8.81. The molecule has 10 heteroatoms. The van der Waals surface area contributed by atoms with Crippen LogP contribution in [0.1, 0.15) is 17.7 Å². The normalized spacial score (nSPS) is 13.3. The third-order valence-corrected chi connectivity index (χ3v) is 6.42. The molecule has 38 heavy (non-hydrogen) atoms. The molecule has 1 aliphatic rings. The van der Waals surface area contributed by atoms with Gasteiger partial charge in [0.05, 0.1) is 36.6 Å². The van der Waals surface area contributed by atoms with Crippen LogP contribution in [0.4, 0.5) is 14.6 Å². The van der Waals surface area contributed by atoms with Gasteiger partial charge in [0.25, 0.3) is 0 Å². The molecule has 5 heterocycles. The van der Waals surface area contributed by atoms with Gasteiger partial charge in [0.1, 0.15) is 23.7 Å². The minimum Gasteiger partial charge on any atom is -0.487 e. The molecule has 186 valence electrons. The number of ether oxygens (including phenoxy) is 1. The number of pyridine rings is 2. The Balaban J connectivity index is 1.24. The molecule has 0 aliphatic carbocycles. The van der Waals surface area contributed by atoms with E-state index in [4.69, 9.17) is 11.2 Å². The van der Waals surface area contributed by atoms with Crippen molar-refractivity contribution >= 4 is 11.3 Å². The Morgan fingerprint density at radius 3 is 2.45 bits per heavy atom. The summed E-state index contributed by atoms with van der Waals surface area (Å²) in [6, 6.07) is 15.3. The first-order chi connectivity index (χ1) is 18.5. The maximum atomic E-state index is 13.1. The van der Waals surface area contributed by atoms with Crippen LogP contribution in [0, 0.1) is 23.7 Å². The molecule has 1 aliphatic heterocycles. The SMILES string of the molecule is C#Cc1ccc(OC2CN(c3ccc(-c4cc(-c5cnn(C(F)F)c5)cn5ncc(C#N)c45)cn3)C2)cc1. The van der Waals surface area contributed by atoms with E-state index in [1.165, 1.54) is 18.6 Å². The number of hydrogen-bond donors (Lipinski definition) is 0. The topological polar surface area (TPSA) is 84.3 Å². The highest BCUT2D eigenvalue weighted by Gasteiger charge is 2.29. The molecule has 0 bridgehead atoms. The van der Waals surface area contributed by atoms with Crippen LogP contribution in [0.3, 0.4) is 0 Å². The van der Waals surface area contributed by atoms with Gasteiger partial charge in [-0.15, -0.1) is 6.42 Å². The zero-order chi connectivity index (χ0) is 26.2. The van der Waals surface area contributed by atoms with E-state index in [9.17, 15) is 14.0 Å². The Morgan fingerprint density at radius 1 is 0.974 bits per heavy atom. The van der Waals surface area contributed by atoms with Gasteiger partial charge < -0.3 is 9.64 Å². The third kappa shape index (κ3) is 4.18. The Kier molecular flexibility index (Phi) is 5.70. The van der Waals surface area contributed by atoms with Crippen molar-refractivity contribution in [1.29, 1.82) is 5.26 Å². The highest BCUT2D eigenvalue weighted by atomic mass is 19.3. The van der Waals surface area contributed by atoms with Gasteiger partial charge in [0.2, 0.25) is 0 Å². The Labute approximate surface area is 216 Å². The van der Waals surface area contributed by atoms with E-state index >= 15 is 0 Å². The molecule has 8 nitrogen and oxygen atoms in total. The van der Waals surface area contributed by atoms with E-state index < -0.39 is 6.55 Å². The van der Waals surface area contributed by atoms with E-state index in [0.29, 0.717) is 45.5 Å². The monoisotopic (exact) mass is 507 g/mol. The highest BCUT2D eigenvalue weighted by molar-refractivity contribution is 5.87. The molecule has 0 amide bonds. The van der Waals surface area contributed by atoms with Gasteiger partial charge in [0, 0.05) is 46.4 Å². The first-order valence-electron chi connectivity index (χ1n) is 11.7. The van der Waals surface area contributed by atoms with Gasteiger partial charge in [0.15, 0.2) is 0 Å². The number of anilines is 1. The summed E-state index contributed by atoms with van der Waals surface area (Å²) in [6.07, 6.45) is 13.0. The van der Waals surface area contributed by atoms with Crippen molar-refractivity contribution in [2.24, 2.45) is 0 Å². The number of aromatic nitrogens is 5. The number of fused-ring (bicyclic) bond motifs is 1. The van der Waals surface area contributed by atoms with Gasteiger partial charge >= 0.3 is 6.55 Å². The van der Waals surface area contributed by atoms with Gasteiger partial charge in [-0.05, 0) is 42.5 Å². The maximum Gasteiger partial charge on any atom is 0.333 e. The molecule has 1 aromatic carbocycles. The zero-order valence-corrected chi connectivity index (χ0v) is 19.9. The van der Waals surface area contributed by atoms with E-state index in [0.717, 1.165) is 22.7 Å². The number of halogens is 2. The van der Waals surface area contributed by atoms with Crippen molar-refractivity contribution in [3.63, 3.8) is 0 Å². The summed E-state index contributed by atoms with van der Waals surface area (Å²) < 4.78 is 34.3. The van der Waals surface area contributed by atoms with Crippen molar-refractivity contribution in [2.45, 2.75) is 12.7 Å².